The van der Waals surface area contributed by atoms with Crippen LogP contribution in [0.15, 0.2) is 18.2 Å². The van der Waals surface area contributed by atoms with E-state index in [0.29, 0.717) is 11.5 Å². The summed E-state index contributed by atoms with van der Waals surface area (Å²) in [6.45, 7) is 8.41. The van der Waals surface area contributed by atoms with Crippen LogP contribution in [-0.4, -0.2) is 48.1 Å². The van der Waals surface area contributed by atoms with Crippen molar-refractivity contribution in [1.82, 2.24) is 10.2 Å². The van der Waals surface area contributed by atoms with E-state index in [2.05, 4.69) is 22.5 Å². The van der Waals surface area contributed by atoms with Gasteiger partial charge in [-0.05, 0) is 75.5 Å². The van der Waals surface area contributed by atoms with Crippen LogP contribution in [0.2, 0.25) is 0 Å². The number of thiocarbonyl (C=S) groups is 1. The summed E-state index contributed by atoms with van der Waals surface area (Å²) in [6, 6.07) is 6.87. The van der Waals surface area contributed by atoms with E-state index in [-0.39, 0.29) is 5.91 Å². The molecular formula is C22H34N4OS. The highest BCUT2D eigenvalue weighted by Crippen LogP contribution is 2.28. The molecule has 0 aromatic heterocycles. The van der Waals surface area contributed by atoms with E-state index >= 15 is 0 Å². The third-order valence-electron chi connectivity index (χ3n) is 5.96. The van der Waals surface area contributed by atoms with Crippen molar-refractivity contribution in [3.8, 4) is 0 Å². The summed E-state index contributed by atoms with van der Waals surface area (Å²) in [5.41, 5.74) is 3.04. The molecule has 28 heavy (non-hydrogen) atoms. The van der Waals surface area contributed by atoms with E-state index in [1.165, 1.54) is 32.2 Å². The number of carbonyl (C=O) groups excluding carboxylic acids is 1. The summed E-state index contributed by atoms with van der Waals surface area (Å²) in [5, 5.41) is 7.25. The quantitative estimate of drug-likeness (QED) is 0.532. The summed E-state index contributed by atoms with van der Waals surface area (Å²) in [7, 11) is 0. The van der Waals surface area contributed by atoms with Gasteiger partial charge in [-0.2, -0.15) is 0 Å². The Morgan fingerprint density at radius 2 is 2.11 bits per heavy atom. The van der Waals surface area contributed by atoms with Crippen LogP contribution in [0.3, 0.4) is 0 Å². The molecular weight excluding hydrogens is 368 g/mol. The molecule has 3 rings (SSSR count). The van der Waals surface area contributed by atoms with E-state index in [1.807, 2.05) is 30.0 Å². The van der Waals surface area contributed by atoms with Gasteiger partial charge in [-0.15, -0.1) is 0 Å². The molecule has 5 nitrogen and oxygen atoms in total. The number of likely N-dealkylation sites (tertiary alicyclic amines) is 1. The van der Waals surface area contributed by atoms with Crippen LogP contribution in [0.25, 0.3) is 0 Å². The Morgan fingerprint density at radius 1 is 1.25 bits per heavy atom. The normalized spacial score (nSPS) is 20.4. The number of nitrogens with one attached hydrogen (secondary N) is 2. The van der Waals surface area contributed by atoms with Crippen molar-refractivity contribution >= 4 is 34.6 Å². The molecule has 2 N–H and O–H groups in total. The minimum Gasteiger partial charge on any atom is -0.362 e. The minimum atomic E-state index is 0.212. The van der Waals surface area contributed by atoms with E-state index in [9.17, 15) is 4.79 Å². The van der Waals surface area contributed by atoms with Gasteiger partial charge in [-0.25, -0.2) is 0 Å². The average molecular weight is 403 g/mol. The van der Waals surface area contributed by atoms with E-state index in [1.54, 1.807) is 0 Å². The number of anilines is 2. The number of hydrogen-bond donors (Lipinski definition) is 2. The molecule has 1 aromatic rings. The molecule has 1 atom stereocenters. The lowest BCUT2D eigenvalue weighted by atomic mass is 10.00. The van der Waals surface area contributed by atoms with Crippen LogP contribution in [0.5, 0.6) is 0 Å². The van der Waals surface area contributed by atoms with Crippen LogP contribution < -0.4 is 15.5 Å². The number of carbonyl (C=O) groups is 1. The molecule has 0 spiro atoms. The molecule has 0 radical (unpaired) electrons. The van der Waals surface area contributed by atoms with Crippen molar-refractivity contribution in [1.29, 1.82) is 0 Å². The number of piperidine rings is 1. The minimum absolute atomic E-state index is 0.212. The summed E-state index contributed by atoms with van der Waals surface area (Å²) >= 11 is 5.47. The average Bonchev–Trinajstić information content (AvgIpc) is 3.12. The fourth-order valence-corrected chi connectivity index (χ4v) is 4.58. The van der Waals surface area contributed by atoms with Crippen molar-refractivity contribution < 1.29 is 4.79 Å². The first kappa shape index (κ1) is 21.1. The van der Waals surface area contributed by atoms with Crippen LogP contribution in [0.4, 0.5) is 11.4 Å². The zero-order valence-corrected chi connectivity index (χ0v) is 18.1. The number of aryl methyl sites for hydroxylation is 1. The molecule has 0 saturated carbocycles. The zero-order valence-electron chi connectivity index (χ0n) is 17.3. The molecule has 1 amide bonds. The molecule has 2 aliphatic rings. The maximum Gasteiger partial charge on any atom is 0.227 e. The van der Waals surface area contributed by atoms with E-state index < -0.39 is 0 Å². The number of rotatable bonds is 7. The first-order valence-electron chi connectivity index (χ1n) is 10.8. The lowest BCUT2D eigenvalue weighted by molar-refractivity contribution is -0.117. The lowest BCUT2D eigenvalue weighted by Crippen LogP contribution is -2.40. The molecule has 1 aromatic carbocycles. The maximum absolute atomic E-state index is 12.1. The molecule has 2 saturated heterocycles. The highest BCUT2D eigenvalue weighted by atomic mass is 32.1. The predicted octanol–water partition coefficient (Wildman–Crippen LogP) is 4.06. The van der Waals surface area contributed by atoms with Crippen LogP contribution >= 0.6 is 12.2 Å². The fourth-order valence-electron chi connectivity index (χ4n) is 4.36. The smallest absolute Gasteiger partial charge is 0.227 e. The number of amides is 1. The lowest BCUT2D eigenvalue weighted by Gasteiger charge is -2.35. The number of benzene rings is 1. The van der Waals surface area contributed by atoms with Gasteiger partial charge in [0.25, 0.3) is 0 Å². The number of hydrogen-bond acceptors (Lipinski definition) is 3. The molecule has 2 aliphatic heterocycles. The van der Waals surface area contributed by atoms with Gasteiger partial charge < -0.3 is 20.4 Å². The summed E-state index contributed by atoms with van der Waals surface area (Å²) in [6.07, 6.45) is 7.99. The van der Waals surface area contributed by atoms with Gasteiger partial charge in [0, 0.05) is 43.5 Å². The van der Waals surface area contributed by atoms with Crippen molar-refractivity contribution in [2.45, 2.75) is 64.8 Å². The molecule has 2 heterocycles. The van der Waals surface area contributed by atoms with Crippen molar-refractivity contribution in [2.75, 3.05) is 36.4 Å². The highest BCUT2D eigenvalue weighted by molar-refractivity contribution is 7.80. The zero-order chi connectivity index (χ0) is 19.9. The van der Waals surface area contributed by atoms with Crippen LogP contribution in [-0.2, 0) is 4.79 Å². The van der Waals surface area contributed by atoms with Gasteiger partial charge in [0.15, 0.2) is 5.11 Å². The molecule has 0 bridgehead atoms. The van der Waals surface area contributed by atoms with Gasteiger partial charge in [-0.3, -0.25) is 4.79 Å². The first-order chi connectivity index (χ1) is 13.6. The first-order valence-corrected chi connectivity index (χ1v) is 11.2. The maximum atomic E-state index is 12.1. The Labute approximate surface area is 174 Å². The largest absolute Gasteiger partial charge is 0.362 e. The molecule has 1 unspecified atom stereocenters. The summed E-state index contributed by atoms with van der Waals surface area (Å²) < 4.78 is 0. The predicted molar refractivity (Wildman–Crippen MR) is 121 cm³/mol. The second-order valence-electron chi connectivity index (χ2n) is 7.98. The molecule has 0 aliphatic carbocycles. The van der Waals surface area contributed by atoms with Gasteiger partial charge in [0.2, 0.25) is 5.91 Å². The van der Waals surface area contributed by atoms with Gasteiger partial charge in [-0.1, -0.05) is 19.4 Å². The SMILES string of the molecule is CCC1CCCCN1CCCNC(=S)Nc1ccc(C)c(N2CCCC2=O)c1. The molecule has 2 fully saturated rings. The third-order valence-corrected chi connectivity index (χ3v) is 6.21. The molecule has 154 valence electrons. The monoisotopic (exact) mass is 402 g/mol. The second-order valence-corrected chi connectivity index (χ2v) is 8.39. The Hall–Kier alpha value is -1.66. The fraction of sp³-hybridized carbons (Fsp3) is 0.636. The van der Waals surface area contributed by atoms with E-state index in [0.717, 1.165) is 55.5 Å². The summed E-state index contributed by atoms with van der Waals surface area (Å²) in [5.74, 6) is 0.212. The van der Waals surface area contributed by atoms with Crippen molar-refractivity contribution in [3.63, 3.8) is 0 Å². The second kappa shape index (κ2) is 10.2. The highest BCUT2D eigenvalue weighted by Gasteiger charge is 2.23. The van der Waals surface area contributed by atoms with Crippen LogP contribution in [0, 0.1) is 6.92 Å². The van der Waals surface area contributed by atoms with Gasteiger partial charge >= 0.3 is 0 Å². The number of nitrogens with zero attached hydrogens (tertiary/aromatic N) is 2. The molecule has 6 heteroatoms. The summed E-state index contributed by atoms with van der Waals surface area (Å²) in [4.78, 5) is 16.6. The third kappa shape index (κ3) is 5.45. The Kier molecular flexibility index (Phi) is 7.68. The standard InChI is InChI=1S/C22H34N4OS/c1-3-19-8-4-5-13-25(19)14-7-12-23-22(28)24-18-11-10-17(2)20(16-18)26-15-6-9-21(26)27/h10-11,16,19H,3-9,12-15H2,1-2H3,(H2,23,24,28). The Bertz CT molecular complexity index is 693. The topological polar surface area (TPSA) is 47.6 Å². The van der Waals surface area contributed by atoms with Crippen LogP contribution in [0.1, 0.15) is 57.4 Å². The Morgan fingerprint density at radius 3 is 2.86 bits per heavy atom. The van der Waals surface area contributed by atoms with Gasteiger partial charge in [0.05, 0.1) is 0 Å². The van der Waals surface area contributed by atoms with Crippen molar-refractivity contribution in [2.24, 2.45) is 0 Å². The Balaban J connectivity index is 1.45. The van der Waals surface area contributed by atoms with Gasteiger partial charge in [0.1, 0.15) is 0 Å². The van der Waals surface area contributed by atoms with E-state index in [4.69, 9.17) is 12.2 Å². The van der Waals surface area contributed by atoms with Crippen molar-refractivity contribution in [3.05, 3.63) is 23.8 Å².